The molecule has 5 nitrogen and oxygen atoms in total. The predicted octanol–water partition coefficient (Wildman–Crippen LogP) is 2.48. The van der Waals surface area contributed by atoms with Crippen LogP contribution in [0.25, 0.3) is 0 Å². The van der Waals surface area contributed by atoms with Gasteiger partial charge in [0.15, 0.2) is 0 Å². The number of anilines is 1. The quantitative estimate of drug-likeness (QED) is 0.893. The highest BCUT2D eigenvalue weighted by atomic mass is 16.5. The fourth-order valence-corrected chi connectivity index (χ4v) is 1.55. The first-order chi connectivity index (χ1) is 8.72. The van der Waals surface area contributed by atoms with E-state index < -0.39 is 0 Å². The van der Waals surface area contributed by atoms with Gasteiger partial charge in [0, 0.05) is 6.07 Å². The molecule has 0 unspecified atom stereocenters. The van der Waals surface area contributed by atoms with Crippen LogP contribution in [0.5, 0.6) is 5.75 Å². The number of hydrogen-bond donors (Lipinski definition) is 1. The Morgan fingerprint density at radius 3 is 2.94 bits per heavy atom. The van der Waals surface area contributed by atoms with Gasteiger partial charge >= 0.3 is 0 Å². The average molecular weight is 243 g/mol. The highest BCUT2D eigenvalue weighted by Gasteiger charge is 2.06. The SMILES string of the molecule is COc1ccc(C#N)c(NCc2ncc(C)o2)c1. The standard InChI is InChI=1S/C13H13N3O2/c1-9-7-16-13(18-9)8-15-12-5-11(17-2)4-3-10(12)6-14/h3-5,7,15H,8H2,1-2H3. The van der Waals surface area contributed by atoms with Crippen molar-refractivity contribution in [2.24, 2.45) is 0 Å². The van der Waals surface area contributed by atoms with Crippen LogP contribution in [0.3, 0.4) is 0 Å². The number of aromatic nitrogens is 1. The number of nitrogens with one attached hydrogen (secondary N) is 1. The number of ether oxygens (including phenoxy) is 1. The monoisotopic (exact) mass is 243 g/mol. The highest BCUT2D eigenvalue weighted by molar-refractivity contribution is 5.60. The second-order valence-electron chi connectivity index (χ2n) is 3.74. The number of hydrogen-bond acceptors (Lipinski definition) is 5. The van der Waals surface area contributed by atoms with E-state index in [0.29, 0.717) is 29.4 Å². The molecular weight excluding hydrogens is 230 g/mol. The molecule has 0 spiro atoms. The zero-order valence-corrected chi connectivity index (χ0v) is 10.2. The maximum absolute atomic E-state index is 9.01. The number of nitrogens with zero attached hydrogens (tertiary/aromatic N) is 2. The lowest BCUT2D eigenvalue weighted by Crippen LogP contribution is -2.01. The van der Waals surface area contributed by atoms with Gasteiger partial charge in [0.25, 0.3) is 0 Å². The number of benzene rings is 1. The lowest BCUT2D eigenvalue weighted by Gasteiger charge is -2.08. The van der Waals surface area contributed by atoms with Crippen LogP contribution in [0.2, 0.25) is 0 Å². The Morgan fingerprint density at radius 1 is 1.50 bits per heavy atom. The van der Waals surface area contributed by atoms with E-state index in [-0.39, 0.29) is 0 Å². The zero-order chi connectivity index (χ0) is 13.0. The molecule has 0 saturated carbocycles. The summed E-state index contributed by atoms with van der Waals surface area (Å²) in [6.07, 6.45) is 1.66. The number of aryl methyl sites for hydroxylation is 1. The number of nitriles is 1. The van der Waals surface area contributed by atoms with Crippen LogP contribution in [-0.2, 0) is 6.54 Å². The Hall–Kier alpha value is -2.48. The summed E-state index contributed by atoms with van der Waals surface area (Å²) in [6, 6.07) is 7.35. The molecule has 0 aliphatic heterocycles. The maximum atomic E-state index is 9.01. The smallest absolute Gasteiger partial charge is 0.213 e. The molecule has 0 bridgehead atoms. The summed E-state index contributed by atoms with van der Waals surface area (Å²) in [7, 11) is 1.59. The molecule has 2 rings (SSSR count). The van der Waals surface area contributed by atoms with Crippen molar-refractivity contribution in [3.63, 3.8) is 0 Å². The number of methoxy groups -OCH3 is 1. The summed E-state index contributed by atoms with van der Waals surface area (Å²) < 4.78 is 10.5. The molecule has 0 aliphatic rings. The summed E-state index contributed by atoms with van der Waals surface area (Å²) in [5.41, 5.74) is 1.26. The molecule has 0 fully saturated rings. The summed E-state index contributed by atoms with van der Waals surface area (Å²) in [4.78, 5) is 4.09. The summed E-state index contributed by atoms with van der Waals surface area (Å²) >= 11 is 0. The van der Waals surface area contributed by atoms with Crippen LogP contribution in [0, 0.1) is 18.3 Å². The van der Waals surface area contributed by atoms with Crippen LogP contribution < -0.4 is 10.1 Å². The molecule has 1 heterocycles. The maximum Gasteiger partial charge on any atom is 0.213 e. The minimum absolute atomic E-state index is 0.426. The van der Waals surface area contributed by atoms with E-state index in [1.165, 1.54) is 0 Å². The molecule has 0 aliphatic carbocycles. The van der Waals surface area contributed by atoms with Gasteiger partial charge in [-0.2, -0.15) is 5.26 Å². The molecule has 0 saturated heterocycles. The Balaban J connectivity index is 2.15. The van der Waals surface area contributed by atoms with Gasteiger partial charge in [-0.05, 0) is 19.1 Å². The first kappa shape index (κ1) is 12.0. The fraction of sp³-hybridized carbons (Fsp3) is 0.231. The summed E-state index contributed by atoms with van der Waals surface area (Å²) in [6.45, 7) is 2.26. The molecule has 1 aromatic carbocycles. The molecule has 1 N–H and O–H groups in total. The lowest BCUT2D eigenvalue weighted by atomic mass is 10.2. The van der Waals surface area contributed by atoms with Crippen LogP contribution in [-0.4, -0.2) is 12.1 Å². The molecule has 0 radical (unpaired) electrons. The van der Waals surface area contributed by atoms with Gasteiger partial charge in [0.1, 0.15) is 17.6 Å². The van der Waals surface area contributed by atoms with Crippen LogP contribution >= 0.6 is 0 Å². The van der Waals surface area contributed by atoms with Crippen molar-refractivity contribution in [3.05, 3.63) is 41.6 Å². The van der Waals surface area contributed by atoms with E-state index in [9.17, 15) is 0 Å². The molecule has 92 valence electrons. The van der Waals surface area contributed by atoms with E-state index in [2.05, 4.69) is 16.4 Å². The largest absolute Gasteiger partial charge is 0.497 e. The third-order valence-corrected chi connectivity index (χ3v) is 2.45. The lowest BCUT2D eigenvalue weighted by molar-refractivity contribution is 0.415. The second-order valence-corrected chi connectivity index (χ2v) is 3.74. The van der Waals surface area contributed by atoms with Crippen LogP contribution in [0.15, 0.2) is 28.8 Å². The summed E-state index contributed by atoms with van der Waals surface area (Å²) in [5.74, 6) is 2.04. The van der Waals surface area contributed by atoms with E-state index in [0.717, 1.165) is 5.76 Å². The molecule has 5 heteroatoms. The Bertz CT molecular complexity index is 584. The molecular formula is C13H13N3O2. The Kier molecular flexibility index (Phi) is 3.49. The molecule has 0 atom stereocenters. The first-order valence-corrected chi connectivity index (χ1v) is 5.46. The van der Waals surface area contributed by atoms with E-state index >= 15 is 0 Å². The zero-order valence-electron chi connectivity index (χ0n) is 10.2. The Labute approximate surface area is 105 Å². The van der Waals surface area contributed by atoms with Crippen molar-refractivity contribution in [2.45, 2.75) is 13.5 Å². The number of oxazole rings is 1. The van der Waals surface area contributed by atoms with Gasteiger partial charge in [0.2, 0.25) is 5.89 Å². The van der Waals surface area contributed by atoms with Crippen molar-refractivity contribution in [2.75, 3.05) is 12.4 Å². The van der Waals surface area contributed by atoms with Crippen molar-refractivity contribution < 1.29 is 9.15 Å². The molecule has 1 aromatic heterocycles. The second kappa shape index (κ2) is 5.23. The Morgan fingerprint density at radius 2 is 2.33 bits per heavy atom. The van der Waals surface area contributed by atoms with E-state index in [1.54, 1.807) is 31.5 Å². The normalized spacial score (nSPS) is 9.83. The van der Waals surface area contributed by atoms with Crippen molar-refractivity contribution >= 4 is 5.69 Å². The van der Waals surface area contributed by atoms with Gasteiger partial charge in [-0.1, -0.05) is 0 Å². The van der Waals surface area contributed by atoms with Gasteiger partial charge in [-0.25, -0.2) is 4.98 Å². The minimum Gasteiger partial charge on any atom is -0.497 e. The van der Waals surface area contributed by atoms with Gasteiger partial charge < -0.3 is 14.5 Å². The van der Waals surface area contributed by atoms with Crippen molar-refractivity contribution in [1.29, 1.82) is 5.26 Å². The van der Waals surface area contributed by atoms with Crippen LogP contribution in [0.1, 0.15) is 17.2 Å². The molecule has 18 heavy (non-hydrogen) atoms. The predicted molar refractivity (Wildman–Crippen MR) is 66.3 cm³/mol. The minimum atomic E-state index is 0.426. The van der Waals surface area contributed by atoms with Crippen molar-refractivity contribution in [3.8, 4) is 11.8 Å². The first-order valence-electron chi connectivity index (χ1n) is 5.46. The van der Waals surface area contributed by atoms with Crippen molar-refractivity contribution in [1.82, 2.24) is 4.98 Å². The fourth-order valence-electron chi connectivity index (χ4n) is 1.55. The topological polar surface area (TPSA) is 71.1 Å². The van der Waals surface area contributed by atoms with Gasteiger partial charge in [-0.3, -0.25) is 0 Å². The third kappa shape index (κ3) is 2.61. The third-order valence-electron chi connectivity index (χ3n) is 2.45. The van der Waals surface area contributed by atoms with Gasteiger partial charge in [-0.15, -0.1) is 0 Å². The average Bonchev–Trinajstić information content (AvgIpc) is 2.81. The number of rotatable bonds is 4. The van der Waals surface area contributed by atoms with E-state index in [4.69, 9.17) is 14.4 Å². The highest BCUT2D eigenvalue weighted by Crippen LogP contribution is 2.22. The molecule has 2 aromatic rings. The molecule has 0 amide bonds. The summed E-state index contributed by atoms with van der Waals surface area (Å²) in [5, 5.41) is 12.1. The van der Waals surface area contributed by atoms with Crippen LogP contribution in [0.4, 0.5) is 5.69 Å². The van der Waals surface area contributed by atoms with Gasteiger partial charge in [0.05, 0.1) is 31.1 Å². The van der Waals surface area contributed by atoms with E-state index in [1.807, 2.05) is 6.92 Å².